The topological polar surface area (TPSA) is 9.23 Å². The van der Waals surface area contributed by atoms with Crippen LogP contribution in [-0.2, 0) is 12.8 Å². The van der Waals surface area contributed by atoms with Crippen LogP contribution in [0.15, 0.2) is 48.5 Å². The van der Waals surface area contributed by atoms with E-state index in [1.807, 2.05) is 24.3 Å². The van der Waals surface area contributed by atoms with Crippen LogP contribution >= 0.6 is 11.6 Å². The van der Waals surface area contributed by atoms with Crippen molar-refractivity contribution >= 4 is 11.6 Å². The summed E-state index contributed by atoms with van der Waals surface area (Å²) in [5, 5.41) is 0.787. The minimum atomic E-state index is 0.787. The van der Waals surface area contributed by atoms with Gasteiger partial charge in [0.1, 0.15) is 5.75 Å². The molecule has 2 rings (SSSR count). The van der Waals surface area contributed by atoms with Gasteiger partial charge < -0.3 is 4.74 Å². The van der Waals surface area contributed by atoms with E-state index in [0.29, 0.717) is 0 Å². The van der Waals surface area contributed by atoms with E-state index in [0.717, 1.165) is 23.6 Å². The van der Waals surface area contributed by atoms with Gasteiger partial charge in [0.05, 0.1) is 7.11 Å². The van der Waals surface area contributed by atoms with E-state index < -0.39 is 0 Å². The van der Waals surface area contributed by atoms with Gasteiger partial charge in [-0.25, -0.2) is 0 Å². The molecule has 0 spiro atoms. The molecule has 88 valence electrons. The minimum Gasteiger partial charge on any atom is -0.497 e. The third kappa shape index (κ3) is 3.50. The quantitative estimate of drug-likeness (QED) is 0.788. The molecule has 0 amide bonds. The average Bonchev–Trinajstić information content (AvgIpc) is 2.38. The molecule has 0 fully saturated rings. The number of benzene rings is 2. The number of aryl methyl sites for hydroxylation is 2. The molecule has 0 aliphatic heterocycles. The number of hydrogen-bond acceptors (Lipinski definition) is 1. The predicted molar refractivity (Wildman–Crippen MR) is 71.9 cm³/mol. The molecular formula is C15H15ClO. The van der Waals surface area contributed by atoms with E-state index in [4.69, 9.17) is 16.3 Å². The third-order valence-electron chi connectivity index (χ3n) is 2.75. The van der Waals surface area contributed by atoms with Crippen molar-refractivity contribution in [1.82, 2.24) is 0 Å². The van der Waals surface area contributed by atoms with E-state index in [-0.39, 0.29) is 0 Å². The third-order valence-corrected chi connectivity index (χ3v) is 3.00. The fourth-order valence-corrected chi connectivity index (χ4v) is 1.89. The number of rotatable bonds is 4. The Balaban J connectivity index is 1.99. The molecule has 17 heavy (non-hydrogen) atoms. The van der Waals surface area contributed by atoms with E-state index >= 15 is 0 Å². The number of ether oxygens (including phenoxy) is 1. The maximum Gasteiger partial charge on any atom is 0.119 e. The van der Waals surface area contributed by atoms with Gasteiger partial charge in [0, 0.05) is 5.02 Å². The Morgan fingerprint density at radius 2 is 1.65 bits per heavy atom. The highest BCUT2D eigenvalue weighted by atomic mass is 35.5. The van der Waals surface area contributed by atoms with Gasteiger partial charge >= 0.3 is 0 Å². The Hall–Kier alpha value is -1.47. The summed E-state index contributed by atoms with van der Waals surface area (Å²) in [5.41, 5.74) is 2.59. The van der Waals surface area contributed by atoms with Crippen molar-refractivity contribution in [2.75, 3.05) is 7.11 Å². The van der Waals surface area contributed by atoms with Gasteiger partial charge in [-0.15, -0.1) is 0 Å². The van der Waals surface area contributed by atoms with Crippen molar-refractivity contribution in [3.63, 3.8) is 0 Å². The van der Waals surface area contributed by atoms with Gasteiger partial charge in [-0.3, -0.25) is 0 Å². The lowest BCUT2D eigenvalue weighted by atomic mass is 10.0. The maximum atomic E-state index is 5.85. The Labute approximate surface area is 107 Å². The number of halogens is 1. The molecule has 0 heterocycles. The van der Waals surface area contributed by atoms with Crippen LogP contribution in [0, 0.1) is 0 Å². The Kier molecular flexibility index (Phi) is 4.05. The van der Waals surface area contributed by atoms with Crippen molar-refractivity contribution in [2.24, 2.45) is 0 Å². The first-order valence-corrected chi connectivity index (χ1v) is 6.03. The zero-order valence-electron chi connectivity index (χ0n) is 9.82. The van der Waals surface area contributed by atoms with Gasteiger partial charge in [-0.05, 0) is 48.2 Å². The fourth-order valence-electron chi connectivity index (χ4n) is 1.77. The molecule has 0 N–H and O–H groups in total. The molecule has 0 atom stereocenters. The molecule has 0 aromatic heterocycles. The highest BCUT2D eigenvalue weighted by Gasteiger charge is 1.98. The van der Waals surface area contributed by atoms with Crippen LogP contribution in [0.1, 0.15) is 11.1 Å². The van der Waals surface area contributed by atoms with E-state index in [1.54, 1.807) is 7.11 Å². The molecule has 2 heteroatoms. The van der Waals surface area contributed by atoms with E-state index in [1.165, 1.54) is 11.1 Å². The summed E-state index contributed by atoms with van der Waals surface area (Å²) in [5.74, 6) is 0.915. The Morgan fingerprint density at radius 3 is 2.35 bits per heavy atom. The summed E-state index contributed by atoms with van der Waals surface area (Å²) in [6.45, 7) is 0. The molecule has 0 aliphatic rings. The minimum absolute atomic E-state index is 0.787. The van der Waals surface area contributed by atoms with Gasteiger partial charge in [0.2, 0.25) is 0 Å². The van der Waals surface area contributed by atoms with Crippen LogP contribution in [0.3, 0.4) is 0 Å². The zero-order valence-corrected chi connectivity index (χ0v) is 10.6. The summed E-state index contributed by atoms with van der Waals surface area (Å²) < 4.78 is 5.21. The highest BCUT2D eigenvalue weighted by Crippen LogP contribution is 2.15. The van der Waals surface area contributed by atoms with Gasteiger partial charge in [0.25, 0.3) is 0 Å². The summed E-state index contributed by atoms with van der Waals surface area (Å²) in [7, 11) is 1.69. The Morgan fingerprint density at radius 1 is 0.941 bits per heavy atom. The Bertz CT molecular complexity index is 477. The van der Waals surface area contributed by atoms with Crippen molar-refractivity contribution in [3.05, 3.63) is 64.7 Å². The van der Waals surface area contributed by atoms with E-state index in [2.05, 4.69) is 24.3 Å². The molecule has 0 saturated carbocycles. The largest absolute Gasteiger partial charge is 0.497 e. The summed E-state index contributed by atoms with van der Waals surface area (Å²) in [6, 6.07) is 16.2. The molecule has 2 aromatic rings. The number of hydrogen-bond donors (Lipinski definition) is 0. The van der Waals surface area contributed by atoms with Gasteiger partial charge in [-0.1, -0.05) is 35.9 Å². The molecule has 0 saturated heterocycles. The lowest BCUT2D eigenvalue weighted by Gasteiger charge is -2.05. The van der Waals surface area contributed by atoms with Crippen LogP contribution < -0.4 is 4.74 Å². The maximum absolute atomic E-state index is 5.85. The van der Waals surface area contributed by atoms with Gasteiger partial charge in [-0.2, -0.15) is 0 Å². The smallest absolute Gasteiger partial charge is 0.119 e. The fraction of sp³-hybridized carbons (Fsp3) is 0.200. The summed E-state index contributed by atoms with van der Waals surface area (Å²) >= 11 is 5.85. The second-order valence-corrected chi connectivity index (χ2v) is 4.41. The van der Waals surface area contributed by atoms with Crippen LogP contribution in [0.5, 0.6) is 5.75 Å². The SMILES string of the molecule is COc1cccc(CCc2ccc(Cl)cc2)c1. The van der Waals surface area contributed by atoms with E-state index in [9.17, 15) is 0 Å². The highest BCUT2D eigenvalue weighted by molar-refractivity contribution is 6.30. The standard InChI is InChI=1S/C15H15ClO/c1-17-15-4-2-3-13(11-15)6-5-12-7-9-14(16)10-8-12/h2-4,7-11H,5-6H2,1H3. The lowest BCUT2D eigenvalue weighted by molar-refractivity contribution is 0.414. The van der Waals surface area contributed by atoms with Crippen molar-refractivity contribution in [1.29, 1.82) is 0 Å². The van der Waals surface area contributed by atoms with Crippen LogP contribution in [0.25, 0.3) is 0 Å². The van der Waals surface area contributed by atoms with Gasteiger partial charge in [0.15, 0.2) is 0 Å². The predicted octanol–water partition coefficient (Wildman–Crippen LogP) is 4.13. The molecule has 0 aliphatic carbocycles. The normalized spacial score (nSPS) is 10.2. The zero-order chi connectivity index (χ0) is 12.1. The van der Waals surface area contributed by atoms with Crippen molar-refractivity contribution < 1.29 is 4.74 Å². The first-order chi connectivity index (χ1) is 8.28. The molecule has 0 radical (unpaired) electrons. The molecular weight excluding hydrogens is 232 g/mol. The van der Waals surface area contributed by atoms with Crippen LogP contribution in [0.4, 0.5) is 0 Å². The van der Waals surface area contributed by atoms with Crippen molar-refractivity contribution in [3.8, 4) is 5.75 Å². The first kappa shape index (κ1) is 12.0. The summed E-state index contributed by atoms with van der Waals surface area (Å²) in [4.78, 5) is 0. The lowest BCUT2D eigenvalue weighted by Crippen LogP contribution is -1.92. The summed E-state index contributed by atoms with van der Waals surface area (Å²) in [6.07, 6.45) is 2.03. The molecule has 0 unspecified atom stereocenters. The second-order valence-electron chi connectivity index (χ2n) is 3.98. The second kappa shape index (κ2) is 5.74. The monoisotopic (exact) mass is 246 g/mol. The average molecular weight is 247 g/mol. The first-order valence-electron chi connectivity index (χ1n) is 5.65. The molecule has 1 nitrogen and oxygen atoms in total. The molecule has 2 aromatic carbocycles. The molecule has 0 bridgehead atoms. The van der Waals surface area contributed by atoms with Crippen LogP contribution in [-0.4, -0.2) is 7.11 Å². The van der Waals surface area contributed by atoms with Crippen molar-refractivity contribution in [2.45, 2.75) is 12.8 Å². The number of methoxy groups -OCH3 is 1. The van der Waals surface area contributed by atoms with Crippen LogP contribution in [0.2, 0.25) is 5.02 Å².